The van der Waals surface area contributed by atoms with Crippen molar-refractivity contribution in [1.82, 2.24) is 20.0 Å². The van der Waals surface area contributed by atoms with Crippen LogP contribution in [0.2, 0.25) is 0 Å². The van der Waals surface area contributed by atoms with E-state index in [9.17, 15) is 9.18 Å². The van der Waals surface area contributed by atoms with E-state index in [0.29, 0.717) is 11.6 Å². The van der Waals surface area contributed by atoms with Crippen LogP contribution in [0.4, 0.5) is 4.39 Å². The van der Waals surface area contributed by atoms with Crippen LogP contribution in [0.25, 0.3) is 5.69 Å². The topological polar surface area (TPSA) is 50.2 Å². The number of piperidine rings is 1. The van der Waals surface area contributed by atoms with E-state index in [1.165, 1.54) is 12.1 Å². The van der Waals surface area contributed by atoms with E-state index in [2.05, 4.69) is 10.4 Å². The van der Waals surface area contributed by atoms with Gasteiger partial charge in [-0.1, -0.05) is 13.8 Å². The number of carbonyl (C=O) groups is 1. The van der Waals surface area contributed by atoms with Crippen molar-refractivity contribution < 1.29 is 9.18 Å². The summed E-state index contributed by atoms with van der Waals surface area (Å²) in [4.78, 5) is 14.9. The van der Waals surface area contributed by atoms with Crippen molar-refractivity contribution in [1.29, 1.82) is 0 Å². The van der Waals surface area contributed by atoms with Gasteiger partial charge in [0.05, 0.1) is 23.1 Å². The number of halogens is 1. The third-order valence-electron chi connectivity index (χ3n) is 4.85. The molecular formula is C19H25FN4O. The van der Waals surface area contributed by atoms with E-state index in [0.717, 1.165) is 37.3 Å². The molecule has 2 aromatic rings. The molecule has 6 heteroatoms. The van der Waals surface area contributed by atoms with Gasteiger partial charge in [0.2, 0.25) is 0 Å². The predicted molar refractivity (Wildman–Crippen MR) is 95.6 cm³/mol. The van der Waals surface area contributed by atoms with E-state index in [1.807, 2.05) is 25.8 Å². The second kappa shape index (κ2) is 7.35. The number of aromatic nitrogens is 2. The molecule has 1 fully saturated rings. The largest absolute Gasteiger partial charge is 0.338 e. The number of nitrogens with one attached hydrogen (secondary N) is 1. The van der Waals surface area contributed by atoms with Gasteiger partial charge >= 0.3 is 0 Å². The quantitative estimate of drug-likeness (QED) is 0.928. The van der Waals surface area contributed by atoms with Crippen LogP contribution in [0.5, 0.6) is 0 Å². The summed E-state index contributed by atoms with van der Waals surface area (Å²) >= 11 is 0. The van der Waals surface area contributed by atoms with Gasteiger partial charge in [-0.05, 0) is 50.1 Å². The van der Waals surface area contributed by atoms with E-state index < -0.39 is 0 Å². The Morgan fingerprint density at radius 1 is 1.24 bits per heavy atom. The van der Waals surface area contributed by atoms with E-state index in [4.69, 9.17) is 0 Å². The van der Waals surface area contributed by atoms with Crippen molar-refractivity contribution in [3.8, 4) is 5.69 Å². The van der Waals surface area contributed by atoms with Gasteiger partial charge in [-0.25, -0.2) is 9.07 Å². The Labute approximate surface area is 147 Å². The minimum absolute atomic E-state index is 0.0339. The molecule has 25 heavy (non-hydrogen) atoms. The maximum Gasteiger partial charge on any atom is 0.257 e. The highest BCUT2D eigenvalue weighted by Crippen LogP contribution is 2.25. The zero-order valence-corrected chi connectivity index (χ0v) is 15.0. The Morgan fingerprint density at radius 3 is 2.44 bits per heavy atom. The number of amides is 1. The standard InChI is InChI=1S/C19H25FN4O/c1-13(2)18-17(19(25)23-10-8-15(21-3)9-11-23)12-22-24(18)16-6-4-14(20)5-7-16/h4-7,12-13,15,21H,8-11H2,1-3H3. The summed E-state index contributed by atoms with van der Waals surface area (Å²) in [5, 5.41) is 7.70. The first kappa shape index (κ1) is 17.6. The summed E-state index contributed by atoms with van der Waals surface area (Å²) in [5.74, 6) is -0.126. The Bertz CT molecular complexity index is 730. The number of hydrogen-bond acceptors (Lipinski definition) is 3. The van der Waals surface area contributed by atoms with E-state index in [1.54, 1.807) is 23.0 Å². The second-order valence-electron chi connectivity index (χ2n) is 6.84. The van der Waals surface area contributed by atoms with Gasteiger partial charge in [0, 0.05) is 19.1 Å². The Kier molecular flexibility index (Phi) is 5.18. The van der Waals surface area contributed by atoms with Gasteiger partial charge in [-0.15, -0.1) is 0 Å². The molecule has 1 aliphatic heterocycles. The first-order valence-electron chi connectivity index (χ1n) is 8.81. The molecule has 134 valence electrons. The van der Waals surface area contributed by atoms with Crippen molar-refractivity contribution in [2.24, 2.45) is 0 Å². The molecule has 0 spiro atoms. The van der Waals surface area contributed by atoms with Crippen LogP contribution in [-0.4, -0.2) is 46.8 Å². The van der Waals surface area contributed by atoms with Crippen molar-refractivity contribution in [2.75, 3.05) is 20.1 Å². The molecule has 0 bridgehead atoms. The smallest absolute Gasteiger partial charge is 0.257 e. The van der Waals surface area contributed by atoms with Crippen LogP contribution in [0.1, 0.15) is 48.7 Å². The fraction of sp³-hybridized carbons (Fsp3) is 0.474. The lowest BCUT2D eigenvalue weighted by molar-refractivity contribution is 0.0705. The summed E-state index contributed by atoms with van der Waals surface area (Å²) < 4.78 is 15.0. The molecule has 1 aromatic carbocycles. The lowest BCUT2D eigenvalue weighted by Gasteiger charge is -2.32. The van der Waals surface area contributed by atoms with Crippen molar-refractivity contribution in [2.45, 2.75) is 38.6 Å². The number of benzene rings is 1. The number of rotatable bonds is 4. The number of carbonyl (C=O) groups excluding carboxylic acids is 1. The number of likely N-dealkylation sites (tertiary alicyclic amines) is 1. The van der Waals surface area contributed by atoms with Crippen LogP contribution in [0.3, 0.4) is 0 Å². The SMILES string of the molecule is CNC1CCN(C(=O)c2cnn(-c3ccc(F)cc3)c2C(C)C)CC1. The maximum atomic E-state index is 13.2. The molecule has 0 aliphatic carbocycles. The summed E-state index contributed by atoms with van der Waals surface area (Å²) in [6.45, 7) is 5.59. The van der Waals surface area contributed by atoms with Gasteiger partial charge in [0.25, 0.3) is 5.91 Å². The first-order valence-corrected chi connectivity index (χ1v) is 8.81. The van der Waals surface area contributed by atoms with Crippen LogP contribution in [0, 0.1) is 5.82 Å². The molecule has 3 rings (SSSR count). The highest BCUT2D eigenvalue weighted by molar-refractivity contribution is 5.95. The second-order valence-corrected chi connectivity index (χ2v) is 6.84. The van der Waals surface area contributed by atoms with E-state index in [-0.39, 0.29) is 17.6 Å². The average molecular weight is 344 g/mol. The molecule has 2 heterocycles. The normalized spacial score (nSPS) is 15.8. The summed E-state index contributed by atoms with van der Waals surface area (Å²) in [7, 11) is 1.96. The molecule has 1 aromatic heterocycles. The highest BCUT2D eigenvalue weighted by atomic mass is 19.1. The highest BCUT2D eigenvalue weighted by Gasteiger charge is 2.27. The third-order valence-corrected chi connectivity index (χ3v) is 4.85. The van der Waals surface area contributed by atoms with Gasteiger partial charge in [-0.3, -0.25) is 4.79 Å². The van der Waals surface area contributed by atoms with Gasteiger partial charge in [0.1, 0.15) is 5.82 Å². The first-order chi connectivity index (χ1) is 12.0. The summed E-state index contributed by atoms with van der Waals surface area (Å²) in [6, 6.07) is 6.66. The van der Waals surface area contributed by atoms with E-state index >= 15 is 0 Å². The lowest BCUT2D eigenvalue weighted by atomic mass is 10.0. The Balaban J connectivity index is 1.89. The fourth-order valence-electron chi connectivity index (χ4n) is 3.41. The minimum Gasteiger partial charge on any atom is -0.338 e. The monoisotopic (exact) mass is 344 g/mol. The van der Waals surface area contributed by atoms with Gasteiger partial charge < -0.3 is 10.2 Å². The summed E-state index contributed by atoms with van der Waals surface area (Å²) in [6.07, 6.45) is 3.57. The number of hydrogen-bond donors (Lipinski definition) is 1. The predicted octanol–water partition coefficient (Wildman–Crippen LogP) is 2.96. The average Bonchev–Trinajstić information content (AvgIpc) is 3.07. The molecule has 1 N–H and O–H groups in total. The zero-order valence-electron chi connectivity index (χ0n) is 15.0. The van der Waals surface area contributed by atoms with Crippen LogP contribution < -0.4 is 5.32 Å². The Morgan fingerprint density at radius 2 is 1.88 bits per heavy atom. The molecule has 1 amide bonds. The zero-order chi connectivity index (χ0) is 18.0. The molecule has 1 saturated heterocycles. The van der Waals surface area contributed by atoms with Crippen molar-refractivity contribution in [3.05, 3.63) is 47.5 Å². The molecule has 0 saturated carbocycles. The Hall–Kier alpha value is -2.21. The van der Waals surface area contributed by atoms with Crippen LogP contribution >= 0.6 is 0 Å². The molecule has 0 atom stereocenters. The van der Waals surface area contributed by atoms with Crippen molar-refractivity contribution in [3.63, 3.8) is 0 Å². The minimum atomic E-state index is -0.286. The molecule has 1 aliphatic rings. The third kappa shape index (κ3) is 3.58. The van der Waals surface area contributed by atoms with Crippen molar-refractivity contribution >= 4 is 5.91 Å². The van der Waals surface area contributed by atoms with Crippen LogP contribution in [0.15, 0.2) is 30.5 Å². The molecule has 0 unspecified atom stereocenters. The summed E-state index contributed by atoms with van der Waals surface area (Å²) in [5.41, 5.74) is 2.27. The maximum absolute atomic E-state index is 13.2. The van der Waals surface area contributed by atoms with Gasteiger partial charge in [0.15, 0.2) is 0 Å². The van der Waals surface area contributed by atoms with Crippen LogP contribution in [-0.2, 0) is 0 Å². The lowest BCUT2D eigenvalue weighted by Crippen LogP contribution is -2.44. The molecule has 5 nitrogen and oxygen atoms in total. The fourth-order valence-corrected chi connectivity index (χ4v) is 3.41. The molecule has 0 radical (unpaired) electrons. The van der Waals surface area contributed by atoms with Gasteiger partial charge in [-0.2, -0.15) is 5.10 Å². The number of nitrogens with zero attached hydrogens (tertiary/aromatic N) is 3. The molecular weight excluding hydrogens is 319 g/mol.